The fourth-order valence-corrected chi connectivity index (χ4v) is 3.47. The lowest BCUT2D eigenvalue weighted by Crippen LogP contribution is -2.34. The second-order valence-corrected chi connectivity index (χ2v) is 6.39. The first-order valence-corrected chi connectivity index (χ1v) is 6.96. The fraction of sp³-hybridized carbons (Fsp3) is 0.750. The molecule has 2 saturated carbocycles. The molecule has 1 heterocycles. The van der Waals surface area contributed by atoms with Gasteiger partial charge in [-0.1, -0.05) is 0 Å². The molecule has 1 aromatic heterocycles. The molecule has 3 nitrogen and oxygen atoms in total. The monoisotopic (exact) mass is 237 g/mol. The van der Waals surface area contributed by atoms with Crippen LogP contribution in [0.1, 0.15) is 30.6 Å². The number of nitrogens with zero attached hydrogens (tertiary/aromatic N) is 2. The van der Waals surface area contributed by atoms with Crippen molar-refractivity contribution in [3.8, 4) is 0 Å². The zero-order chi connectivity index (χ0) is 11.1. The minimum Gasteiger partial charge on any atom is -0.375 e. The molecule has 2 N–H and O–H groups in total. The molecule has 0 unspecified atom stereocenters. The van der Waals surface area contributed by atoms with Gasteiger partial charge in [0.1, 0.15) is 0 Å². The maximum atomic E-state index is 5.66. The molecule has 88 valence electrons. The lowest BCUT2D eigenvalue weighted by atomic mass is 10.1. The maximum Gasteiger partial charge on any atom is 0.180 e. The molecule has 1 aromatic rings. The Hall–Kier alpha value is -0.610. The van der Waals surface area contributed by atoms with E-state index in [4.69, 9.17) is 5.73 Å². The van der Waals surface area contributed by atoms with E-state index in [0.29, 0.717) is 5.13 Å². The van der Waals surface area contributed by atoms with Crippen molar-refractivity contribution in [1.82, 2.24) is 9.88 Å². The van der Waals surface area contributed by atoms with Gasteiger partial charge in [-0.3, -0.25) is 4.90 Å². The molecule has 0 saturated heterocycles. The van der Waals surface area contributed by atoms with Crippen molar-refractivity contribution in [3.05, 3.63) is 11.1 Å². The lowest BCUT2D eigenvalue weighted by molar-refractivity contribution is 0.188. The van der Waals surface area contributed by atoms with Crippen LogP contribution in [0.2, 0.25) is 0 Å². The van der Waals surface area contributed by atoms with Gasteiger partial charge in [-0.05, 0) is 44.6 Å². The van der Waals surface area contributed by atoms with Crippen LogP contribution in [-0.4, -0.2) is 23.0 Å². The Bertz CT molecular complexity index is 356. The Morgan fingerprint density at radius 2 is 2.06 bits per heavy atom. The Balaban J connectivity index is 1.64. The molecular weight excluding hydrogens is 218 g/mol. The van der Waals surface area contributed by atoms with Crippen molar-refractivity contribution in [2.45, 2.75) is 38.3 Å². The van der Waals surface area contributed by atoms with Crippen LogP contribution in [0.3, 0.4) is 0 Å². The third-order valence-corrected chi connectivity index (χ3v) is 4.51. The van der Waals surface area contributed by atoms with Crippen molar-refractivity contribution in [1.29, 1.82) is 0 Å². The third-order valence-electron chi connectivity index (χ3n) is 3.70. The van der Waals surface area contributed by atoms with Gasteiger partial charge in [0.25, 0.3) is 0 Å². The number of nitrogen functional groups attached to an aromatic ring is 1. The summed E-state index contributed by atoms with van der Waals surface area (Å²) in [5.41, 5.74) is 5.66. The fourth-order valence-electron chi connectivity index (χ4n) is 2.73. The summed E-state index contributed by atoms with van der Waals surface area (Å²) in [6.45, 7) is 1.02. The van der Waals surface area contributed by atoms with E-state index < -0.39 is 0 Å². The third kappa shape index (κ3) is 2.23. The highest BCUT2D eigenvalue weighted by Crippen LogP contribution is 2.47. The van der Waals surface area contributed by atoms with E-state index in [-0.39, 0.29) is 0 Å². The summed E-state index contributed by atoms with van der Waals surface area (Å²) < 4.78 is 0. The molecule has 0 aliphatic heterocycles. The van der Waals surface area contributed by atoms with Crippen LogP contribution < -0.4 is 5.73 Å². The van der Waals surface area contributed by atoms with E-state index in [1.165, 1.54) is 30.6 Å². The SMILES string of the molecule is CN(Cc1cnc(N)s1)C(C1CC1)C1CC1. The van der Waals surface area contributed by atoms with E-state index in [2.05, 4.69) is 16.9 Å². The Labute approximate surface area is 101 Å². The first-order valence-electron chi connectivity index (χ1n) is 6.14. The quantitative estimate of drug-likeness (QED) is 0.854. The molecule has 0 amide bonds. The van der Waals surface area contributed by atoms with Gasteiger partial charge in [0, 0.05) is 23.7 Å². The van der Waals surface area contributed by atoms with Crippen LogP contribution in [0.25, 0.3) is 0 Å². The van der Waals surface area contributed by atoms with Crippen LogP contribution in [0, 0.1) is 11.8 Å². The number of aromatic nitrogens is 1. The van der Waals surface area contributed by atoms with Gasteiger partial charge in [0.15, 0.2) is 5.13 Å². The minimum absolute atomic E-state index is 0.692. The van der Waals surface area contributed by atoms with Gasteiger partial charge in [0.05, 0.1) is 0 Å². The summed E-state index contributed by atoms with van der Waals surface area (Å²) in [7, 11) is 2.26. The molecule has 3 rings (SSSR count). The normalized spacial score (nSPS) is 20.9. The first-order chi connectivity index (χ1) is 7.74. The number of anilines is 1. The van der Waals surface area contributed by atoms with Crippen LogP contribution >= 0.6 is 11.3 Å². The summed E-state index contributed by atoms with van der Waals surface area (Å²) in [4.78, 5) is 7.95. The number of hydrogen-bond acceptors (Lipinski definition) is 4. The lowest BCUT2D eigenvalue weighted by Gasteiger charge is -2.27. The van der Waals surface area contributed by atoms with Crippen LogP contribution in [-0.2, 0) is 6.54 Å². The molecule has 4 heteroatoms. The zero-order valence-electron chi connectivity index (χ0n) is 9.72. The summed E-state index contributed by atoms with van der Waals surface area (Å²) in [5.74, 6) is 1.95. The van der Waals surface area contributed by atoms with E-state index in [0.717, 1.165) is 24.4 Å². The number of rotatable bonds is 5. The Morgan fingerprint density at radius 3 is 2.50 bits per heavy atom. The number of nitrogens with two attached hydrogens (primary N) is 1. The summed E-state index contributed by atoms with van der Waals surface area (Å²) >= 11 is 1.62. The zero-order valence-corrected chi connectivity index (χ0v) is 10.5. The van der Waals surface area contributed by atoms with Crippen LogP contribution in [0.15, 0.2) is 6.20 Å². The maximum absolute atomic E-state index is 5.66. The number of hydrogen-bond donors (Lipinski definition) is 1. The summed E-state index contributed by atoms with van der Waals surface area (Å²) in [5, 5.41) is 0.692. The highest BCUT2D eigenvalue weighted by Gasteiger charge is 2.43. The average molecular weight is 237 g/mol. The second-order valence-electron chi connectivity index (χ2n) is 5.25. The predicted octanol–water partition coefficient (Wildman–Crippen LogP) is 2.35. The highest BCUT2D eigenvalue weighted by atomic mass is 32.1. The molecule has 0 aromatic carbocycles. The Kier molecular flexibility index (Phi) is 2.64. The van der Waals surface area contributed by atoms with Gasteiger partial charge < -0.3 is 5.73 Å². The standard InChI is InChI=1S/C12H19N3S/c1-15(7-10-6-14-12(13)16-10)11(8-2-3-8)9-4-5-9/h6,8-9,11H,2-5,7H2,1H3,(H2,13,14). The van der Waals surface area contributed by atoms with Crippen molar-refractivity contribution in [2.24, 2.45) is 11.8 Å². The van der Waals surface area contributed by atoms with Crippen molar-refractivity contribution < 1.29 is 0 Å². The summed E-state index contributed by atoms with van der Waals surface area (Å²) in [6.07, 6.45) is 7.69. The molecule has 16 heavy (non-hydrogen) atoms. The van der Waals surface area contributed by atoms with Crippen LogP contribution in [0.5, 0.6) is 0 Å². The summed E-state index contributed by atoms with van der Waals surface area (Å²) in [6, 6.07) is 0.823. The topological polar surface area (TPSA) is 42.2 Å². The molecule has 2 aliphatic rings. The van der Waals surface area contributed by atoms with Crippen LogP contribution in [0.4, 0.5) is 5.13 Å². The van der Waals surface area contributed by atoms with Crippen molar-refractivity contribution >= 4 is 16.5 Å². The number of thiazole rings is 1. The van der Waals surface area contributed by atoms with E-state index in [1.54, 1.807) is 11.3 Å². The largest absolute Gasteiger partial charge is 0.375 e. The van der Waals surface area contributed by atoms with Gasteiger partial charge in [-0.15, -0.1) is 11.3 Å². The molecule has 0 radical (unpaired) electrons. The molecule has 0 spiro atoms. The van der Waals surface area contributed by atoms with E-state index in [9.17, 15) is 0 Å². The predicted molar refractivity (Wildman–Crippen MR) is 67.2 cm³/mol. The van der Waals surface area contributed by atoms with Gasteiger partial charge in [-0.2, -0.15) is 0 Å². The van der Waals surface area contributed by atoms with E-state index in [1.807, 2.05) is 6.20 Å². The van der Waals surface area contributed by atoms with Gasteiger partial charge >= 0.3 is 0 Å². The molecule has 2 aliphatic carbocycles. The molecule has 0 atom stereocenters. The average Bonchev–Trinajstić information content (AvgIpc) is 3.11. The molecule has 2 fully saturated rings. The van der Waals surface area contributed by atoms with Crippen molar-refractivity contribution in [2.75, 3.05) is 12.8 Å². The minimum atomic E-state index is 0.692. The molecule has 0 bridgehead atoms. The van der Waals surface area contributed by atoms with Crippen molar-refractivity contribution in [3.63, 3.8) is 0 Å². The highest BCUT2D eigenvalue weighted by molar-refractivity contribution is 7.15. The smallest absolute Gasteiger partial charge is 0.180 e. The molecular formula is C12H19N3S. The second kappa shape index (κ2) is 4.00. The van der Waals surface area contributed by atoms with E-state index >= 15 is 0 Å². The van der Waals surface area contributed by atoms with Gasteiger partial charge in [0.2, 0.25) is 0 Å². The Morgan fingerprint density at radius 1 is 1.44 bits per heavy atom. The first kappa shape index (κ1) is 10.5. The van der Waals surface area contributed by atoms with Gasteiger partial charge in [-0.25, -0.2) is 4.98 Å².